The fourth-order valence-electron chi connectivity index (χ4n) is 2.06. The number of benzene rings is 1. The molecule has 1 aliphatic carbocycles. The zero-order valence-corrected chi connectivity index (χ0v) is 10.2. The van der Waals surface area contributed by atoms with Crippen LogP contribution < -0.4 is 4.74 Å². The van der Waals surface area contributed by atoms with Crippen molar-refractivity contribution in [1.29, 1.82) is 0 Å². The van der Waals surface area contributed by atoms with Crippen LogP contribution in [0.4, 0.5) is 5.69 Å². The number of halogens is 1. The standard InChI is InChI=1S/C12H14ClNO3/c13-11-7-6-9(14(15)16)8-12(11)17-10-4-2-1-3-5-10/h6-8,10H,1-5H2. The van der Waals surface area contributed by atoms with Gasteiger partial charge in [0.15, 0.2) is 0 Å². The maximum Gasteiger partial charge on any atom is 0.273 e. The van der Waals surface area contributed by atoms with Crippen molar-refractivity contribution in [2.24, 2.45) is 0 Å². The van der Waals surface area contributed by atoms with Crippen LogP contribution in [0.3, 0.4) is 0 Å². The van der Waals surface area contributed by atoms with Crippen molar-refractivity contribution >= 4 is 17.3 Å². The third kappa shape index (κ3) is 3.09. The van der Waals surface area contributed by atoms with Crippen molar-refractivity contribution in [3.63, 3.8) is 0 Å². The molecule has 0 aliphatic heterocycles. The zero-order valence-electron chi connectivity index (χ0n) is 9.39. The van der Waals surface area contributed by atoms with E-state index in [1.165, 1.54) is 24.6 Å². The third-order valence-corrected chi connectivity index (χ3v) is 3.28. The van der Waals surface area contributed by atoms with Gasteiger partial charge in [0.2, 0.25) is 0 Å². The molecule has 1 saturated carbocycles. The normalized spacial score (nSPS) is 16.8. The van der Waals surface area contributed by atoms with E-state index in [1.807, 2.05) is 0 Å². The fraction of sp³-hybridized carbons (Fsp3) is 0.500. The molecule has 0 N–H and O–H groups in total. The van der Waals surface area contributed by atoms with Gasteiger partial charge >= 0.3 is 0 Å². The Bertz CT molecular complexity index is 416. The molecule has 1 aromatic carbocycles. The van der Waals surface area contributed by atoms with Gasteiger partial charge < -0.3 is 4.74 Å². The largest absolute Gasteiger partial charge is 0.489 e. The first kappa shape index (κ1) is 12.2. The van der Waals surface area contributed by atoms with E-state index in [2.05, 4.69) is 0 Å². The summed E-state index contributed by atoms with van der Waals surface area (Å²) in [6.07, 6.45) is 5.68. The number of rotatable bonds is 3. The molecule has 0 atom stereocenters. The minimum absolute atomic E-state index is 0.0141. The molecule has 0 amide bonds. The Labute approximate surface area is 105 Å². The highest BCUT2D eigenvalue weighted by atomic mass is 35.5. The van der Waals surface area contributed by atoms with E-state index in [-0.39, 0.29) is 11.8 Å². The van der Waals surface area contributed by atoms with E-state index in [0.29, 0.717) is 10.8 Å². The average Bonchev–Trinajstić information content (AvgIpc) is 2.33. The third-order valence-electron chi connectivity index (χ3n) is 2.97. The summed E-state index contributed by atoms with van der Waals surface area (Å²) in [7, 11) is 0. The number of nitrogens with zero attached hydrogens (tertiary/aromatic N) is 1. The molecule has 0 bridgehead atoms. The van der Waals surface area contributed by atoms with Crippen LogP contribution >= 0.6 is 11.6 Å². The van der Waals surface area contributed by atoms with Crippen LogP contribution in [-0.4, -0.2) is 11.0 Å². The first-order chi connectivity index (χ1) is 8.16. The van der Waals surface area contributed by atoms with E-state index in [0.717, 1.165) is 25.7 Å². The quantitative estimate of drug-likeness (QED) is 0.607. The lowest BCUT2D eigenvalue weighted by Crippen LogP contribution is -2.19. The Hall–Kier alpha value is -1.29. The molecule has 4 nitrogen and oxygen atoms in total. The highest BCUT2D eigenvalue weighted by molar-refractivity contribution is 6.32. The molecular formula is C12H14ClNO3. The summed E-state index contributed by atoms with van der Waals surface area (Å²) in [5.74, 6) is 0.424. The predicted molar refractivity (Wildman–Crippen MR) is 65.6 cm³/mol. The summed E-state index contributed by atoms with van der Waals surface area (Å²) in [5.41, 5.74) is 0.0141. The molecule has 1 aliphatic rings. The Balaban J connectivity index is 2.13. The molecule has 92 valence electrons. The van der Waals surface area contributed by atoms with E-state index >= 15 is 0 Å². The summed E-state index contributed by atoms with van der Waals surface area (Å²) in [6.45, 7) is 0. The second-order valence-corrected chi connectivity index (χ2v) is 4.66. The lowest BCUT2D eigenvalue weighted by atomic mass is 9.98. The smallest absolute Gasteiger partial charge is 0.273 e. The number of nitro groups is 1. The first-order valence-corrected chi connectivity index (χ1v) is 6.15. The summed E-state index contributed by atoms with van der Waals surface area (Å²) in [4.78, 5) is 10.2. The highest BCUT2D eigenvalue weighted by Gasteiger charge is 2.18. The lowest BCUT2D eigenvalue weighted by Gasteiger charge is -2.23. The van der Waals surface area contributed by atoms with Crippen LogP contribution in [0.1, 0.15) is 32.1 Å². The predicted octanol–water partition coefficient (Wildman–Crippen LogP) is 3.96. The molecule has 0 spiro atoms. The van der Waals surface area contributed by atoms with Crippen LogP contribution in [0, 0.1) is 10.1 Å². The van der Waals surface area contributed by atoms with Gasteiger partial charge in [-0.2, -0.15) is 0 Å². The first-order valence-electron chi connectivity index (χ1n) is 5.77. The molecule has 17 heavy (non-hydrogen) atoms. The molecule has 0 aromatic heterocycles. The van der Waals surface area contributed by atoms with Crippen molar-refractivity contribution in [3.8, 4) is 5.75 Å². The molecule has 0 heterocycles. The van der Waals surface area contributed by atoms with Gasteiger partial charge in [-0.3, -0.25) is 10.1 Å². The van der Waals surface area contributed by atoms with Crippen molar-refractivity contribution in [2.45, 2.75) is 38.2 Å². The van der Waals surface area contributed by atoms with Crippen LogP contribution in [0.2, 0.25) is 5.02 Å². The number of ether oxygens (including phenoxy) is 1. The van der Waals surface area contributed by atoms with Gasteiger partial charge in [0.1, 0.15) is 5.75 Å². The zero-order chi connectivity index (χ0) is 12.3. The average molecular weight is 256 g/mol. The van der Waals surface area contributed by atoms with E-state index in [9.17, 15) is 10.1 Å². The van der Waals surface area contributed by atoms with Crippen LogP contribution in [0.25, 0.3) is 0 Å². The molecule has 5 heteroatoms. The summed E-state index contributed by atoms with van der Waals surface area (Å²) >= 11 is 5.97. The topological polar surface area (TPSA) is 52.4 Å². The minimum atomic E-state index is -0.440. The van der Waals surface area contributed by atoms with Crippen LogP contribution in [0.5, 0.6) is 5.75 Å². The van der Waals surface area contributed by atoms with Crippen molar-refractivity contribution in [2.75, 3.05) is 0 Å². The molecule has 1 fully saturated rings. The Morgan fingerprint density at radius 3 is 2.65 bits per heavy atom. The van der Waals surface area contributed by atoms with Gasteiger partial charge in [0.05, 0.1) is 22.1 Å². The van der Waals surface area contributed by atoms with Crippen LogP contribution in [0.15, 0.2) is 18.2 Å². The van der Waals surface area contributed by atoms with Crippen LogP contribution in [-0.2, 0) is 0 Å². The number of hydrogen-bond acceptors (Lipinski definition) is 3. The van der Waals surface area contributed by atoms with Crippen molar-refractivity contribution < 1.29 is 9.66 Å². The maximum atomic E-state index is 10.7. The monoisotopic (exact) mass is 255 g/mol. The van der Waals surface area contributed by atoms with Gasteiger partial charge in [-0.15, -0.1) is 0 Å². The van der Waals surface area contributed by atoms with Gasteiger partial charge in [-0.05, 0) is 31.7 Å². The Morgan fingerprint density at radius 1 is 1.29 bits per heavy atom. The van der Waals surface area contributed by atoms with E-state index < -0.39 is 4.92 Å². The van der Waals surface area contributed by atoms with Crippen molar-refractivity contribution in [3.05, 3.63) is 33.3 Å². The number of hydrogen-bond donors (Lipinski definition) is 0. The lowest BCUT2D eigenvalue weighted by molar-refractivity contribution is -0.384. The van der Waals surface area contributed by atoms with Gasteiger partial charge in [-0.25, -0.2) is 0 Å². The van der Waals surface area contributed by atoms with E-state index in [4.69, 9.17) is 16.3 Å². The van der Waals surface area contributed by atoms with Gasteiger partial charge in [0.25, 0.3) is 5.69 Å². The summed E-state index contributed by atoms with van der Waals surface area (Å²) in [5, 5.41) is 11.1. The maximum absolute atomic E-state index is 10.7. The van der Waals surface area contributed by atoms with Gasteiger partial charge in [0, 0.05) is 6.07 Å². The summed E-state index contributed by atoms with van der Waals surface area (Å²) < 4.78 is 5.74. The molecule has 1 aromatic rings. The fourth-order valence-corrected chi connectivity index (χ4v) is 2.22. The molecular weight excluding hydrogens is 242 g/mol. The second-order valence-electron chi connectivity index (χ2n) is 4.25. The molecule has 2 rings (SSSR count). The minimum Gasteiger partial charge on any atom is -0.489 e. The van der Waals surface area contributed by atoms with E-state index in [1.54, 1.807) is 0 Å². The number of nitro benzene ring substituents is 1. The number of non-ortho nitro benzene ring substituents is 1. The molecule has 0 radical (unpaired) electrons. The SMILES string of the molecule is O=[N+]([O-])c1ccc(Cl)c(OC2CCCCC2)c1. The Kier molecular flexibility index (Phi) is 3.84. The van der Waals surface area contributed by atoms with Crippen molar-refractivity contribution in [1.82, 2.24) is 0 Å². The Morgan fingerprint density at radius 2 is 2.00 bits per heavy atom. The molecule has 0 unspecified atom stereocenters. The molecule has 0 saturated heterocycles. The highest BCUT2D eigenvalue weighted by Crippen LogP contribution is 2.32. The second kappa shape index (κ2) is 5.36. The summed E-state index contributed by atoms with van der Waals surface area (Å²) in [6, 6.07) is 4.30. The van der Waals surface area contributed by atoms with Gasteiger partial charge in [-0.1, -0.05) is 18.0 Å².